The van der Waals surface area contributed by atoms with Gasteiger partial charge in [0.2, 0.25) is 0 Å². The summed E-state index contributed by atoms with van der Waals surface area (Å²) < 4.78 is 16.3. The first-order valence-corrected chi connectivity index (χ1v) is 8.42. The number of hydrogen-bond donors (Lipinski definition) is 0. The number of benzene rings is 1. The van der Waals surface area contributed by atoms with Crippen LogP contribution >= 0.6 is 0 Å². The molecule has 1 aliphatic heterocycles. The number of ether oxygens (including phenoxy) is 3. The maximum atomic E-state index is 12.0. The lowest BCUT2D eigenvalue weighted by molar-refractivity contribution is -0.149. The summed E-state index contributed by atoms with van der Waals surface area (Å²) in [5.41, 5.74) is 1.22. The van der Waals surface area contributed by atoms with Gasteiger partial charge < -0.3 is 14.2 Å². The molecule has 0 bridgehead atoms. The fraction of sp³-hybridized carbons (Fsp3) is 0.579. The van der Waals surface area contributed by atoms with Crippen molar-refractivity contribution in [1.29, 1.82) is 0 Å². The monoisotopic (exact) mass is 334 g/mol. The van der Waals surface area contributed by atoms with Crippen LogP contribution in [0.25, 0.3) is 0 Å². The Morgan fingerprint density at radius 3 is 2.46 bits per heavy atom. The first-order valence-electron chi connectivity index (χ1n) is 8.42. The molecule has 0 aliphatic carbocycles. The Morgan fingerprint density at radius 1 is 1.25 bits per heavy atom. The molecule has 132 valence electrons. The lowest BCUT2D eigenvalue weighted by Crippen LogP contribution is -2.18. The lowest BCUT2D eigenvalue weighted by atomic mass is 9.99. The van der Waals surface area contributed by atoms with E-state index in [-0.39, 0.29) is 30.4 Å². The molecule has 0 unspecified atom stereocenters. The molecule has 1 aliphatic rings. The standard InChI is InChI=1S/C19H26O5/c1-6-13(4)18(21)22-10-14-7-8-15(19(5)11-23-19)16(9-14)24-17(20)12(2)3/h7-9,12-13H,6,10-11H2,1-5H3/t13-,19+/m1/s1. The minimum absolute atomic E-state index is 0.124. The molecule has 0 aromatic heterocycles. The van der Waals surface area contributed by atoms with Gasteiger partial charge in [0.25, 0.3) is 0 Å². The van der Waals surface area contributed by atoms with Crippen molar-refractivity contribution in [1.82, 2.24) is 0 Å². The van der Waals surface area contributed by atoms with Gasteiger partial charge in [0, 0.05) is 5.56 Å². The Kier molecular flexibility index (Phi) is 5.65. The van der Waals surface area contributed by atoms with Gasteiger partial charge >= 0.3 is 11.9 Å². The van der Waals surface area contributed by atoms with E-state index in [1.54, 1.807) is 19.9 Å². The Bertz CT molecular complexity index is 616. The van der Waals surface area contributed by atoms with Crippen LogP contribution in [0.15, 0.2) is 18.2 Å². The zero-order valence-corrected chi connectivity index (χ0v) is 15.0. The van der Waals surface area contributed by atoms with Crippen LogP contribution in [-0.4, -0.2) is 18.5 Å². The molecular formula is C19H26O5. The van der Waals surface area contributed by atoms with Gasteiger partial charge in [-0.25, -0.2) is 0 Å². The predicted molar refractivity (Wildman–Crippen MR) is 89.5 cm³/mol. The van der Waals surface area contributed by atoms with Crippen LogP contribution in [0.3, 0.4) is 0 Å². The number of rotatable bonds is 7. The topological polar surface area (TPSA) is 65.1 Å². The highest BCUT2D eigenvalue weighted by molar-refractivity contribution is 5.75. The summed E-state index contributed by atoms with van der Waals surface area (Å²) in [5.74, 6) is -0.390. The van der Waals surface area contributed by atoms with E-state index in [4.69, 9.17) is 14.2 Å². The van der Waals surface area contributed by atoms with Gasteiger partial charge in [-0.3, -0.25) is 9.59 Å². The third-order valence-electron chi connectivity index (χ3n) is 4.27. The quantitative estimate of drug-likeness (QED) is 0.433. The van der Waals surface area contributed by atoms with Crippen LogP contribution in [0, 0.1) is 11.8 Å². The Labute approximate surface area is 143 Å². The molecule has 1 aromatic carbocycles. The number of carbonyl (C=O) groups is 2. The predicted octanol–water partition coefficient (Wildman–Crippen LogP) is 3.58. The highest BCUT2D eigenvalue weighted by atomic mass is 16.6. The Hall–Kier alpha value is -1.88. The summed E-state index contributed by atoms with van der Waals surface area (Å²) >= 11 is 0. The highest BCUT2D eigenvalue weighted by Crippen LogP contribution is 2.43. The average molecular weight is 334 g/mol. The Morgan fingerprint density at radius 2 is 1.92 bits per heavy atom. The van der Waals surface area contributed by atoms with E-state index in [0.717, 1.165) is 17.5 Å². The van der Waals surface area contributed by atoms with Crippen LogP contribution in [0.1, 0.15) is 52.2 Å². The van der Waals surface area contributed by atoms with Crippen LogP contribution in [0.5, 0.6) is 5.75 Å². The molecule has 0 N–H and O–H groups in total. The summed E-state index contributed by atoms with van der Waals surface area (Å²) in [7, 11) is 0. The number of esters is 2. The van der Waals surface area contributed by atoms with Crippen molar-refractivity contribution in [2.45, 2.75) is 53.2 Å². The SMILES string of the molecule is CC[C@@H](C)C(=O)OCc1ccc([C@]2(C)CO2)c(OC(=O)C(C)C)c1. The lowest BCUT2D eigenvalue weighted by Gasteiger charge is -2.16. The number of carbonyl (C=O) groups excluding carboxylic acids is 2. The summed E-state index contributed by atoms with van der Waals surface area (Å²) in [4.78, 5) is 23.8. The van der Waals surface area contributed by atoms with Gasteiger partial charge in [0.15, 0.2) is 0 Å². The van der Waals surface area contributed by atoms with Gasteiger partial charge in [-0.05, 0) is 25.0 Å². The van der Waals surface area contributed by atoms with Crippen LogP contribution in [-0.2, 0) is 31.3 Å². The maximum absolute atomic E-state index is 12.0. The fourth-order valence-corrected chi connectivity index (χ4v) is 2.13. The summed E-state index contributed by atoms with van der Waals surface area (Å²) in [6.45, 7) is 10.1. The molecule has 1 fully saturated rings. The van der Waals surface area contributed by atoms with Crippen molar-refractivity contribution in [2.24, 2.45) is 11.8 Å². The van der Waals surface area contributed by atoms with E-state index >= 15 is 0 Å². The first kappa shape index (κ1) is 18.5. The molecule has 5 heteroatoms. The largest absolute Gasteiger partial charge is 0.461 e. The molecule has 2 atom stereocenters. The second kappa shape index (κ2) is 7.34. The van der Waals surface area contributed by atoms with Gasteiger partial charge in [0.05, 0.1) is 18.4 Å². The average Bonchev–Trinajstić information content (AvgIpc) is 3.30. The molecule has 5 nitrogen and oxygen atoms in total. The van der Waals surface area contributed by atoms with E-state index in [9.17, 15) is 9.59 Å². The smallest absolute Gasteiger partial charge is 0.313 e. The van der Waals surface area contributed by atoms with Gasteiger partial charge in [-0.15, -0.1) is 0 Å². The van der Waals surface area contributed by atoms with Gasteiger partial charge in [0.1, 0.15) is 18.0 Å². The summed E-state index contributed by atoms with van der Waals surface area (Å²) in [5, 5.41) is 0. The van der Waals surface area contributed by atoms with Crippen LogP contribution < -0.4 is 4.74 Å². The number of hydrogen-bond acceptors (Lipinski definition) is 5. The summed E-state index contributed by atoms with van der Waals surface area (Å²) in [6, 6.07) is 5.51. The van der Waals surface area contributed by atoms with Crippen molar-refractivity contribution in [3.8, 4) is 5.75 Å². The van der Waals surface area contributed by atoms with E-state index in [1.165, 1.54) is 0 Å². The van der Waals surface area contributed by atoms with E-state index < -0.39 is 5.60 Å². The Balaban J connectivity index is 2.16. The fourth-order valence-electron chi connectivity index (χ4n) is 2.13. The molecule has 1 aromatic rings. The zero-order valence-electron chi connectivity index (χ0n) is 15.0. The maximum Gasteiger partial charge on any atom is 0.313 e. The first-order chi connectivity index (χ1) is 11.3. The second-order valence-corrected chi connectivity index (χ2v) is 6.84. The van der Waals surface area contributed by atoms with Crippen molar-refractivity contribution < 1.29 is 23.8 Å². The van der Waals surface area contributed by atoms with Crippen molar-refractivity contribution in [3.63, 3.8) is 0 Å². The highest BCUT2D eigenvalue weighted by Gasteiger charge is 2.43. The molecule has 0 amide bonds. The van der Waals surface area contributed by atoms with Gasteiger partial charge in [-0.1, -0.05) is 39.8 Å². The minimum atomic E-state index is -0.404. The van der Waals surface area contributed by atoms with Crippen molar-refractivity contribution >= 4 is 11.9 Å². The van der Waals surface area contributed by atoms with Crippen LogP contribution in [0.4, 0.5) is 0 Å². The third-order valence-corrected chi connectivity index (χ3v) is 4.27. The molecule has 1 heterocycles. The van der Waals surface area contributed by atoms with E-state index in [1.807, 2.05) is 32.9 Å². The number of epoxide rings is 1. The molecule has 1 saturated heterocycles. The zero-order chi connectivity index (χ0) is 17.9. The van der Waals surface area contributed by atoms with Crippen molar-refractivity contribution in [3.05, 3.63) is 29.3 Å². The molecular weight excluding hydrogens is 308 g/mol. The molecule has 0 radical (unpaired) electrons. The third kappa shape index (κ3) is 4.35. The molecule has 24 heavy (non-hydrogen) atoms. The second-order valence-electron chi connectivity index (χ2n) is 6.84. The molecule has 0 spiro atoms. The van der Waals surface area contributed by atoms with Crippen LogP contribution in [0.2, 0.25) is 0 Å². The molecule has 0 saturated carbocycles. The normalized spacial score (nSPS) is 20.6. The molecule has 2 rings (SSSR count). The van der Waals surface area contributed by atoms with Crippen molar-refractivity contribution in [2.75, 3.05) is 6.61 Å². The minimum Gasteiger partial charge on any atom is -0.461 e. The van der Waals surface area contributed by atoms with Gasteiger partial charge in [-0.2, -0.15) is 0 Å². The summed E-state index contributed by atoms with van der Waals surface area (Å²) in [6.07, 6.45) is 0.741. The van der Waals surface area contributed by atoms with E-state index in [0.29, 0.717) is 12.4 Å². The van der Waals surface area contributed by atoms with E-state index in [2.05, 4.69) is 0 Å².